The highest BCUT2D eigenvalue weighted by Crippen LogP contribution is 2.21. The Morgan fingerprint density at radius 2 is 2.31 bits per heavy atom. The second-order valence-electron chi connectivity index (χ2n) is 4.42. The van der Waals surface area contributed by atoms with Crippen LogP contribution in [0.1, 0.15) is 25.5 Å². The second-order valence-corrected chi connectivity index (χ2v) is 4.42. The molecular weight excluding hydrogens is 202 g/mol. The summed E-state index contributed by atoms with van der Waals surface area (Å²) in [5, 5.41) is 17.5. The topological polar surface area (TPSA) is 49.2 Å². The molecule has 2 rings (SSSR count). The van der Waals surface area contributed by atoms with Gasteiger partial charge in [0, 0.05) is 25.6 Å². The van der Waals surface area contributed by atoms with E-state index in [0.29, 0.717) is 5.92 Å². The SMILES string of the molecule is CCCc1ccc(N2CCC(CO)C2)nn1. The fraction of sp³-hybridized carbons (Fsp3) is 0.667. The Hall–Kier alpha value is -1.16. The molecule has 0 bridgehead atoms. The third kappa shape index (κ3) is 2.50. The van der Waals surface area contributed by atoms with Crippen molar-refractivity contribution in [2.24, 2.45) is 5.92 Å². The number of rotatable bonds is 4. The highest BCUT2D eigenvalue weighted by molar-refractivity contribution is 5.38. The first kappa shape index (κ1) is 11.3. The molecule has 88 valence electrons. The van der Waals surface area contributed by atoms with Crippen LogP contribution in [0.2, 0.25) is 0 Å². The van der Waals surface area contributed by atoms with E-state index in [-0.39, 0.29) is 6.61 Å². The molecule has 1 aromatic rings. The summed E-state index contributed by atoms with van der Waals surface area (Å²) >= 11 is 0. The van der Waals surface area contributed by atoms with Crippen molar-refractivity contribution in [3.05, 3.63) is 17.8 Å². The maximum absolute atomic E-state index is 9.08. The zero-order valence-corrected chi connectivity index (χ0v) is 9.76. The van der Waals surface area contributed by atoms with Crippen molar-refractivity contribution in [1.82, 2.24) is 10.2 Å². The van der Waals surface area contributed by atoms with E-state index < -0.39 is 0 Å². The summed E-state index contributed by atoms with van der Waals surface area (Å²) in [6.45, 7) is 4.30. The Labute approximate surface area is 96.3 Å². The van der Waals surface area contributed by atoms with Crippen molar-refractivity contribution in [3.8, 4) is 0 Å². The van der Waals surface area contributed by atoms with Gasteiger partial charge < -0.3 is 10.0 Å². The summed E-state index contributed by atoms with van der Waals surface area (Å²) in [4.78, 5) is 2.20. The Bertz CT molecular complexity index is 326. The molecule has 4 nitrogen and oxygen atoms in total. The Morgan fingerprint density at radius 1 is 1.44 bits per heavy atom. The smallest absolute Gasteiger partial charge is 0.151 e. The van der Waals surface area contributed by atoms with Crippen LogP contribution in [0.4, 0.5) is 5.82 Å². The largest absolute Gasteiger partial charge is 0.396 e. The number of aryl methyl sites for hydroxylation is 1. The monoisotopic (exact) mass is 221 g/mol. The zero-order chi connectivity index (χ0) is 11.4. The molecule has 2 heterocycles. The molecule has 0 spiro atoms. The molecule has 1 N–H and O–H groups in total. The second kappa shape index (κ2) is 5.25. The lowest BCUT2D eigenvalue weighted by Crippen LogP contribution is -2.22. The zero-order valence-electron chi connectivity index (χ0n) is 9.76. The van der Waals surface area contributed by atoms with E-state index in [1.165, 1.54) is 0 Å². The van der Waals surface area contributed by atoms with Crippen LogP contribution in [-0.4, -0.2) is 35.0 Å². The minimum absolute atomic E-state index is 0.276. The maximum atomic E-state index is 9.08. The molecule has 4 heteroatoms. The van der Waals surface area contributed by atoms with E-state index in [1.54, 1.807) is 0 Å². The molecule has 1 atom stereocenters. The number of hydrogen-bond donors (Lipinski definition) is 1. The number of aliphatic hydroxyl groups is 1. The molecule has 1 aromatic heterocycles. The van der Waals surface area contributed by atoms with Crippen LogP contribution in [0.5, 0.6) is 0 Å². The summed E-state index contributed by atoms with van der Waals surface area (Å²) in [6.07, 6.45) is 3.14. The van der Waals surface area contributed by atoms with Crippen molar-refractivity contribution in [1.29, 1.82) is 0 Å². The van der Waals surface area contributed by atoms with Gasteiger partial charge >= 0.3 is 0 Å². The van der Waals surface area contributed by atoms with Crippen molar-refractivity contribution in [2.75, 3.05) is 24.6 Å². The quantitative estimate of drug-likeness (QED) is 0.831. The van der Waals surface area contributed by atoms with Crippen molar-refractivity contribution >= 4 is 5.82 Å². The van der Waals surface area contributed by atoms with E-state index in [1.807, 2.05) is 6.07 Å². The Balaban J connectivity index is 1.99. The van der Waals surface area contributed by atoms with Gasteiger partial charge in [0.05, 0.1) is 5.69 Å². The summed E-state index contributed by atoms with van der Waals surface area (Å²) < 4.78 is 0. The van der Waals surface area contributed by atoms with Gasteiger partial charge in [-0.1, -0.05) is 13.3 Å². The molecule has 0 aliphatic carbocycles. The normalized spacial score (nSPS) is 20.4. The van der Waals surface area contributed by atoms with Crippen LogP contribution in [0.15, 0.2) is 12.1 Å². The predicted octanol–water partition coefficient (Wildman–Crippen LogP) is 1.25. The fourth-order valence-corrected chi connectivity index (χ4v) is 2.10. The molecule has 1 aliphatic rings. The predicted molar refractivity (Wildman–Crippen MR) is 63.4 cm³/mol. The lowest BCUT2D eigenvalue weighted by atomic mass is 10.1. The van der Waals surface area contributed by atoms with Gasteiger partial charge in [-0.2, -0.15) is 5.10 Å². The van der Waals surface area contributed by atoms with Crippen LogP contribution in [-0.2, 0) is 6.42 Å². The number of nitrogens with zero attached hydrogens (tertiary/aromatic N) is 3. The Kier molecular flexibility index (Phi) is 3.72. The van der Waals surface area contributed by atoms with E-state index >= 15 is 0 Å². The van der Waals surface area contributed by atoms with Crippen LogP contribution in [0, 0.1) is 5.92 Å². The first-order valence-corrected chi connectivity index (χ1v) is 6.02. The summed E-state index contributed by atoms with van der Waals surface area (Å²) in [5.74, 6) is 1.34. The van der Waals surface area contributed by atoms with Gasteiger partial charge in [-0.05, 0) is 25.0 Å². The summed E-state index contributed by atoms with van der Waals surface area (Å²) in [5.41, 5.74) is 1.06. The fourth-order valence-electron chi connectivity index (χ4n) is 2.10. The average molecular weight is 221 g/mol. The van der Waals surface area contributed by atoms with E-state index in [4.69, 9.17) is 5.11 Å². The standard InChI is InChI=1S/C12H19N3O/c1-2-3-11-4-5-12(14-13-11)15-7-6-10(8-15)9-16/h4-5,10,16H,2-3,6-9H2,1H3. The molecule has 1 saturated heterocycles. The van der Waals surface area contributed by atoms with Crippen molar-refractivity contribution < 1.29 is 5.11 Å². The van der Waals surface area contributed by atoms with Gasteiger partial charge in [-0.25, -0.2) is 0 Å². The van der Waals surface area contributed by atoms with Crippen LogP contribution >= 0.6 is 0 Å². The lowest BCUT2D eigenvalue weighted by Gasteiger charge is -2.16. The summed E-state index contributed by atoms with van der Waals surface area (Å²) in [7, 11) is 0. The number of hydrogen-bond acceptors (Lipinski definition) is 4. The van der Waals surface area contributed by atoms with Gasteiger partial charge in [0.25, 0.3) is 0 Å². The van der Waals surface area contributed by atoms with E-state index in [2.05, 4.69) is 28.1 Å². The van der Waals surface area contributed by atoms with Crippen molar-refractivity contribution in [3.63, 3.8) is 0 Å². The lowest BCUT2D eigenvalue weighted by molar-refractivity contribution is 0.238. The van der Waals surface area contributed by atoms with Crippen LogP contribution < -0.4 is 4.90 Å². The highest BCUT2D eigenvalue weighted by atomic mass is 16.3. The molecule has 1 fully saturated rings. The first-order chi connectivity index (χ1) is 7.83. The average Bonchev–Trinajstić information content (AvgIpc) is 2.79. The molecule has 1 aliphatic heterocycles. The van der Waals surface area contributed by atoms with Gasteiger partial charge in [-0.3, -0.25) is 0 Å². The third-order valence-electron chi connectivity index (χ3n) is 3.08. The molecule has 1 unspecified atom stereocenters. The van der Waals surface area contributed by atoms with Gasteiger partial charge in [0.1, 0.15) is 0 Å². The number of aliphatic hydroxyl groups excluding tert-OH is 1. The van der Waals surface area contributed by atoms with Crippen LogP contribution in [0.3, 0.4) is 0 Å². The van der Waals surface area contributed by atoms with Gasteiger partial charge in [0.2, 0.25) is 0 Å². The van der Waals surface area contributed by atoms with E-state index in [0.717, 1.165) is 43.9 Å². The minimum atomic E-state index is 0.276. The highest BCUT2D eigenvalue weighted by Gasteiger charge is 2.22. The first-order valence-electron chi connectivity index (χ1n) is 6.02. The summed E-state index contributed by atoms with van der Waals surface area (Å²) in [6, 6.07) is 4.09. The third-order valence-corrected chi connectivity index (χ3v) is 3.08. The molecule has 0 radical (unpaired) electrons. The minimum Gasteiger partial charge on any atom is -0.396 e. The van der Waals surface area contributed by atoms with Crippen LogP contribution in [0.25, 0.3) is 0 Å². The maximum Gasteiger partial charge on any atom is 0.151 e. The van der Waals surface area contributed by atoms with Gasteiger partial charge in [-0.15, -0.1) is 5.10 Å². The van der Waals surface area contributed by atoms with Crippen molar-refractivity contribution in [2.45, 2.75) is 26.2 Å². The number of anilines is 1. The number of aromatic nitrogens is 2. The van der Waals surface area contributed by atoms with Gasteiger partial charge in [0.15, 0.2) is 5.82 Å². The molecule has 0 saturated carbocycles. The Morgan fingerprint density at radius 3 is 2.88 bits per heavy atom. The molecular formula is C12H19N3O. The molecule has 16 heavy (non-hydrogen) atoms. The molecule has 0 aromatic carbocycles. The van der Waals surface area contributed by atoms with E-state index in [9.17, 15) is 0 Å². The molecule has 0 amide bonds.